The summed E-state index contributed by atoms with van der Waals surface area (Å²) in [6.07, 6.45) is 3.23. The maximum absolute atomic E-state index is 12.4. The number of amides is 1. The molecule has 6 heteroatoms. The Balaban J connectivity index is 1.39. The van der Waals surface area contributed by atoms with Gasteiger partial charge in [0, 0.05) is 24.4 Å². The topological polar surface area (TPSA) is 71.3 Å². The maximum atomic E-state index is 12.4. The lowest BCUT2D eigenvalue weighted by Crippen LogP contribution is -2.41. The van der Waals surface area contributed by atoms with Gasteiger partial charge in [-0.3, -0.25) is 4.79 Å². The molecule has 0 bridgehead atoms. The molecule has 6 nitrogen and oxygen atoms in total. The van der Waals surface area contributed by atoms with Crippen LogP contribution in [0.3, 0.4) is 0 Å². The Morgan fingerprint density at radius 1 is 1.22 bits per heavy atom. The van der Waals surface area contributed by atoms with E-state index in [4.69, 9.17) is 14.4 Å². The van der Waals surface area contributed by atoms with Crippen molar-refractivity contribution in [3.05, 3.63) is 53.6 Å². The van der Waals surface area contributed by atoms with Crippen molar-refractivity contribution in [3.63, 3.8) is 0 Å². The fourth-order valence-corrected chi connectivity index (χ4v) is 3.59. The number of nitrogens with zero attached hydrogens (tertiary/aromatic N) is 3. The molecule has 1 fully saturated rings. The number of hydrogen-bond acceptors (Lipinski definition) is 5. The lowest BCUT2D eigenvalue weighted by Gasteiger charge is -2.31. The fourth-order valence-electron chi connectivity index (χ4n) is 3.59. The molecule has 1 aliphatic rings. The summed E-state index contributed by atoms with van der Waals surface area (Å²) in [7, 11) is 0. The number of anilines is 1. The summed E-state index contributed by atoms with van der Waals surface area (Å²) >= 11 is 0. The van der Waals surface area contributed by atoms with E-state index in [-0.39, 0.29) is 11.8 Å². The second-order valence-corrected chi connectivity index (χ2v) is 7.19. The summed E-state index contributed by atoms with van der Waals surface area (Å²) in [6, 6.07) is 9.95. The number of fused-ring (bicyclic) bond motifs is 1. The Morgan fingerprint density at radius 2 is 2.04 bits per heavy atom. The Morgan fingerprint density at radius 3 is 2.78 bits per heavy atom. The number of nitrogens with one attached hydrogen (secondary N) is 1. The lowest BCUT2D eigenvalue weighted by molar-refractivity contribution is -0.125. The minimum absolute atomic E-state index is 0.0282. The average molecular weight is 364 g/mol. The van der Waals surface area contributed by atoms with Gasteiger partial charge in [0.15, 0.2) is 0 Å². The van der Waals surface area contributed by atoms with Crippen LogP contribution in [0.4, 0.5) is 5.95 Å². The molecular weight excluding hydrogens is 340 g/mol. The molecule has 1 saturated heterocycles. The van der Waals surface area contributed by atoms with Crippen LogP contribution >= 0.6 is 0 Å². The zero-order valence-corrected chi connectivity index (χ0v) is 15.7. The molecule has 140 valence electrons. The summed E-state index contributed by atoms with van der Waals surface area (Å²) in [4.78, 5) is 24.0. The molecule has 3 heterocycles. The third kappa shape index (κ3) is 3.79. The smallest absolute Gasteiger partial charge is 0.226 e. The normalized spacial score (nSPS) is 15.3. The number of aryl methyl sites for hydroxylation is 2. The van der Waals surface area contributed by atoms with E-state index in [9.17, 15) is 4.79 Å². The second-order valence-electron chi connectivity index (χ2n) is 7.19. The molecule has 0 aliphatic carbocycles. The predicted molar refractivity (Wildman–Crippen MR) is 105 cm³/mol. The van der Waals surface area contributed by atoms with Crippen molar-refractivity contribution in [1.29, 1.82) is 0 Å². The highest BCUT2D eigenvalue weighted by molar-refractivity contribution is 5.82. The van der Waals surface area contributed by atoms with Gasteiger partial charge in [0.05, 0.1) is 24.0 Å². The first-order chi connectivity index (χ1) is 13.1. The molecule has 27 heavy (non-hydrogen) atoms. The molecule has 1 N–H and O–H groups in total. The molecule has 1 aromatic carbocycles. The number of carbonyl (C=O) groups is 1. The molecular formula is C21H24N4O2. The van der Waals surface area contributed by atoms with Crippen LogP contribution in [0, 0.1) is 19.8 Å². The van der Waals surface area contributed by atoms with Gasteiger partial charge in [0.2, 0.25) is 11.9 Å². The Kier molecular flexibility index (Phi) is 4.79. The number of piperidine rings is 1. The summed E-state index contributed by atoms with van der Waals surface area (Å²) in [5.74, 6) is 1.66. The van der Waals surface area contributed by atoms with Crippen molar-refractivity contribution >= 4 is 22.8 Å². The van der Waals surface area contributed by atoms with E-state index in [0.717, 1.165) is 54.2 Å². The molecule has 0 spiro atoms. The number of aromatic nitrogens is 2. The van der Waals surface area contributed by atoms with Crippen LogP contribution < -0.4 is 10.2 Å². The van der Waals surface area contributed by atoms with E-state index in [1.165, 1.54) is 5.56 Å². The molecule has 2 aromatic heterocycles. The molecule has 1 aliphatic heterocycles. The number of rotatable bonds is 4. The van der Waals surface area contributed by atoms with Gasteiger partial charge in [0.1, 0.15) is 5.76 Å². The average Bonchev–Trinajstić information content (AvgIpc) is 3.20. The molecule has 0 saturated carbocycles. The highest BCUT2D eigenvalue weighted by Gasteiger charge is 2.26. The monoisotopic (exact) mass is 364 g/mol. The van der Waals surface area contributed by atoms with Crippen molar-refractivity contribution < 1.29 is 9.21 Å². The quantitative estimate of drug-likeness (QED) is 0.768. The van der Waals surface area contributed by atoms with Gasteiger partial charge >= 0.3 is 0 Å². The zero-order chi connectivity index (χ0) is 18.8. The van der Waals surface area contributed by atoms with Crippen LogP contribution in [0.25, 0.3) is 10.9 Å². The number of carbonyl (C=O) groups excluding carboxylic acids is 1. The molecule has 0 radical (unpaired) electrons. The second kappa shape index (κ2) is 7.39. The third-order valence-electron chi connectivity index (χ3n) is 5.20. The van der Waals surface area contributed by atoms with E-state index < -0.39 is 0 Å². The van der Waals surface area contributed by atoms with Gasteiger partial charge in [-0.2, -0.15) is 0 Å². The van der Waals surface area contributed by atoms with Crippen LogP contribution in [-0.2, 0) is 11.3 Å². The number of hydrogen-bond donors (Lipinski definition) is 1. The fraction of sp³-hybridized carbons (Fsp3) is 0.381. The zero-order valence-electron chi connectivity index (χ0n) is 15.7. The minimum Gasteiger partial charge on any atom is -0.467 e. The first-order valence-electron chi connectivity index (χ1n) is 9.40. The Hall–Kier alpha value is -2.89. The van der Waals surface area contributed by atoms with Crippen LogP contribution in [0.15, 0.2) is 41.0 Å². The summed E-state index contributed by atoms with van der Waals surface area (Å²) in [5.41, 5.74) is 3.18. The van der Waals surface area contributed by atoms with Crippen molar-refractivity contribution in [3.8, 4) is 0 Å². The molecule has 1 amide bonds. The maximum Gasteiger partial charge on any atom is 0.226 e. The van der Waals surface area contributed by atoms with Gasteiger partial charge in [-0.1, -0.05) is 11.6 Å². The molecule has 0 atom stereocenters. The van der Waals surface area contributed by atoms with Crippen LogP contribution in [0.5, 0.6) is 0 Å². The summed E-state index contributed by atoms with van der Waals surface area (Å²) in [5, 5.41) is 4.07. The van der Waals surface area contributed by atoms with Gasteiger partial charge in [-0.15, -0.1) is 0 Å². The van der Waals surface area contributed by atoms with Gasteiger partial charge in [-0.25, -0.2) is 9.97 Å². The van der Waals surface area contributed by atoms with Gasteiger partial charge < -0.3 is 14.6 Å². The molecule has 3 aromatic rings. The van der Waals surface area contributed by atoms with Crippen molar-refractivity contribution in [2.75, 3.05) is 18.0 Å². The van der Waals surface area contributed by atoms with Crippen molar-refractivity contribution in [2.24, 2.45) is 5.92 Å². The van der Waals surface area contributed by atoms with Gasteiger partial charge in [0.25, 0.3) is 0 Å². The standard InChI is InChI=1S/C21H24N4O2/c1-14-5-6-19-18(12-14)15(2)23-21(24-19)25-9-7-16(8-10-25)20(26)22-13-17-4-3-11-27-17/h3-6,11-12,16H,7-10,13H2,1-2H3,(H,22,26). The highest BCUT2D eigenvalue weighted by atomic mass is 16.3. The van der Waals surface area contributed by atoms with Crippen LogP contribution in [0.2, 0.25) is 0 Å². The van der Waals surface area contributed by atoms with Crippen molar-refractivity contribution in [2.45, 2.75) is 33.2 Å². The van der Waals surface area contributed by atoms with E-state index in [0.29, 0.717) is 6.54 Å². The third-order valence-corrected chi connectivity index (χ3v) is 5.20. The van der Waals surface area contributed by atoms with Crippen LogP contribution in [0.1, 0.15) is 29.9 Å². The molecule has 0 unspecified atom stereocenters. The predicted octanol–water partition coefficient (Wildman–Crippen LogP) is 3.37. The summed E-state index contributed by atoms with van der Waals surface area (Å²) in [6.45, 7) is 6.13. The number of furan rings is 1. The van der Waals surface area contributed by atoms with Gasteiger partial charge in [-0.05, 0) is 51.0 Å². The van der Waals surface area contributed by atoms with E-state index in [1.54, 1.807) is 6.26 Å². The van der Waals surface area contributed by atoms with E-state index in [1.807, 2.05) is 19.1 Å². The molecule has 4 rings (SSSR count). The SMILES string of the molecule is Cc1ccc2nc(N3CCC(C(=O)NCc4ccco4)CC3)nc(C)c2c1. The minimum atomic E-state index is 0.0282. The van der Waals surface area contributed by atoms with Crippen LogP contribution in [-0.4, -0.2) is 29.0 Å². The Bertz CT molecular complexity index is 944. The van der Waals surface area contributed by atoms with E-state index in [2.05, 4.69) is 35.3 Å². The van der Waals surface area contributed by atoms with Crippen molar-refractivity contribution in [1.82, 2.24) is 15.3 Å². The van der Waals surface area contributed by atoms with E-state index >= 15 is 0 Å². The largest absolute Gasteiger partial charge is 0.467 e. The first-order valence-corrected chi connectivity index (χ1v) is 9.40. The lowest BCUT2D eigenvalue weighted by atomic mass is 9.96. The number of benzene rings is 1. The Labute approximate surface area is 158 Å². The summed E-state index contributed by atoms with van der Waals surface area (Å²) < 4.78 is 5.26. The first kappa shape index (κ1) is 17.5. The highest BCUT2D eigenvalue weighted by Crippen LogP contribution is 2.24.